The van der Waals surface area contributed by atoms with E-state index in [1.54, 1.807) is 27.7 Å². The largest absolute Gasteiger partial charge is 0.455 e. The first-order valence-corrected chi connectivity index (χ1v) is 15.3. The van der Waals surface area contributed by atoms with Crippen LogP contribution in [0.15, 0.2) is 12.7 Å². The number of ketones is 2. The molecule has 12 heteroatoms. The maximum Gasteiger partial charge on any atom is 0.316 e. The molecule has 0 aliphatic carbocycles. The van der Waals surface area contributed by atoms with Gasteiger partial charge in [0.05, 0.1) is 29.8 Å². The zero-order valence-corrected chi connectivity index (χ0v) is 27.9. The van der Waals surface area contributed by atoms with E-state index < -0.39 is 88.8 Å². The van der Waals surface area contributed by atoms with Gasteiger partial charge in [0, 0.05) is 25.9 Å². The summed E-state index contributed by atoms with van der Waals surface area (Å²) in [5, 5.41) is 11.9. The fraction of sp³-hybridized carbons (Fsp3) is 0.812. The highest BCUT2D eigenvalue weighted by Crippen LogP contribution is 2.48. The molecule has 3 saturated heterocycles. The van der Waals surface area contributed by atoms with Crippen molar-refractivity contribution in [3.63, 3.8) is 0 Å². The predicted molar refractivity (Wildman–Crippen MR) is 158 cm³/mol. The van der Waals surface area contributed by atoms with E-state index in [4.69, 9.17) is 28.4 Å². The minimum atomic E-state index is -1.98. The minimum Gasteiger partial charge on any atom is -0.455 e. The number of aliphatic hydroxyl groups is 1. The summed E-state index contributed by atoms with van der Waals surface area (Å²) in [5.41, 5.74) is -3.05. The number of carbonyl (C=O) groups is 4. The molecule has 0 saturated carbocycles. The molecule has 0 spiro atoms. The normalized spacial score (nSPS) is 45.6. The number of rotatable bonds is 6. The smallest absolute Gasteiger partial charge is 0.316 e. The van der Waals surface area contributed by atoms with Gasteiger partial charge in [-0.05, 0) is 60.7 Å². The zero-order valence-electron chi connectivity index (χ0n) is 27.9. The highest BCUT2D eigenvalue weighted by molar-refractivity contribution is 6.00. The number of fused-ring (bicyclic) bond motifs is 2. The van der Waals surface area contributed by atoms with Crippen LogP contribution in [0.3, 0.4) is 0 Å². The highest BCUT2D eigenvalue weighted by Gasteiger charge is 2.64. The van der Waals surface area contributed by atoms with E-state index in [0.717, 1.165) is 0 Å². The maximum absolute atomic E-state index is 14.0. The first-order valence-electron chi connectivity index (χ1n) is 15.3. The molecular weight excluding hydrogens is 574 g/mol. The van der Waals surface area contributed by atoms with Crippen molar-refractivity contribution in [2.45, 2.75) is 122 Å². The first-order chi connectivity index (χ1) is 20.3. The lowest BCUT2D eigenvalue weighted by Gasteiger charge is -2.48. The number of hydrogen-bond donors (Lipinski definition) is 1. The fourth-order valence-corrected chi connectivity index (χ4v) is 7.06. The summed E-state index contributed by atoms with van der Waals surface area (Å²) < 4.78 is 36.5. The number of hydrogen-bond acceptors (Lipinski definition) is 12. The van der Waals surface area contributed by atoms with E-state index in [1.807, 2.05) is 25.9 Å². The Kier molecular flexibility index (Phi) is 10.9. The Labute approximate surface area is 260 Å². The van der Waals surface area contributed by atoms with Crippen molar-refractivity contribution in [3.8, 4) is 0 Å². The number of esters is 2. The van der Waals surface area contributed by atoms with E-state index >= 15 is 0 Å². The Balaban J connectivity index is 2.17. The van der Waals surface area contributed by atoms with Gasteiger partial charge >= 0.3 is 11.9 Å². The summed E-state index contributed by atoms with van der Waals surface area (Å²) in [6.07, 6.45) is -2.67. The van der Waals surface area contributed by atoms with E-state index in [-0.39, 0.29) is 18.6 Å². The molecule has 0 aromatic rings. The van der Waals surface area contributed by atoms with Crippen LogP contribution in [0.1, 0.15) is 68.2 Å². The second-order valence-electron chi connectivity index (χ2n) is 13.4. The van der Waals surface area contributed by atoms with Crippen molar-refractivity contribution >= 4 is 23.5 Å². The number of likely N-dealkylation sites (N-methyl/N-ethyl adjacent to an activating group) is 1. The summed E-state index contributed by atoms with van der Waals surface area (Å²) >= 11 is 0. The third kappa shape index (κ3) is 6.52. The van der Waals surface area contributed by atoms with Crippen molar-refractivity contribution in [2.24, 2.45) is 23.7 Å². The van der Waals surface area contributed by atoms with Gasteiger partial charge in [-0.2, -0.15) is 0 Å². The summed E-state index contributed by atoms with van der Waals surface area (Å²) in [6.45, 7) is 16.4. The summed E-state index contributed by atoms with van der Waals surface area (Å²) in [4.78, 5) is 55.0. The molecule has 0 amide bonds. The molecular formula is C32H51NO11. The summed E-state index contributed by atoms with van der Waals surface area (Å²) in [7, 11) is 5.19. The van der Waals surface area contributed by atoms with Crippen molar-refractivity contribution in [1.29, 1.82) is 0 Å². The SMILES string of the molecule is C=C[C@H]1OC(=O)[C@H](C)C(=O)[C@H](C)[C@@H](O[C@@H]2O[C@H](C)C[C@H](N(C)C)[C@H]2OC(C)=O)[C@](C)(OC)C[C@@H](C)C2(O)O[C@@]1(C)C(=O)C2C. The molecule has 0 aromatic heterocycles. The number of ether oxygens (including phenoxy) is 6. The van der Waals surface area contributed by atoms with Gasteiger partial charge in [-0.25, -0.2) is 0 Å². The molecule has 44 heavy (non-hydrogen) atoms. The van der Waals surface area contributed by atoms with Gasteiger partial charge in [-0.1, -0.05) is 27.4 Å². The van der Waals surface area contributed by atoms with E-state index in [1.165, 1.54) is 34.0 Å². The summed E-state index contributed by atoms with van der Waals surface area (Å²) in [5.74, 6) is -8.32. The molecule has 0 aromatic carbocycles. The number of carbonyl (C=O) groups excluding carboxylic acids is 4. The second-order valence-corrected chi connectivity index (χ2v) is 13.4. The van der Waals surface area contributed by atoms with Gasteiger partial charge in [0.1, 0.15) is 5.92 Å². The first kappa shape index (κ1) is 36.3. The lowest BCUT2D eigenvalue weighted by Crippen LogP contribution is -2.60. The van der Waals surface area contributed by atoms with Gasteiger partial charge < -0.3 is 38.4 Å². The quantitative estimate of drug-likeness (QED) is 0.263. The number of methoxy groups -OCH3 is 1. The molecule has 3 heterocycles. The number of cyclic esters (lactones) is 1. The standard InChI is InChI=1S/C32H51NO11/c1-13-23-31(9)26(36)20(6)32(38,44-31)16(2)15-30(8,39-12)27(18(4)24(35)19(5)28(37)42-23)43-29-25(41-21(7)34)22(33(10)11)14-17(3)40-29/h13,16-20,22-23,25,27,29,38H,1,14-15H2,2-12H3/t16-,17-,18+,19-,20?,22+,23-,25-,27-,29+,30-,31-,32?/m1/s1. The van der Waals surface area contributed by atoms with Crippen molar-refractivity contribution in [1.82, 2.24) is 4.90 Å². The van der Waals surface area contributed by atoms with Crippen LogP contribution >= 0.6 is 0 Å². The average molecular weight is 626 g/mol. The van der Waals surface area contributed by atoms with Crippen LogP contribution in [-0.2, 0) is 47.6 Å². The molecule has 3 fully saturated rings. The van der Waals surface area contributed by atoms with Crippen LogP contribution in [-0.4, -0.2) is 108 Å². The van der Waals surface area contributed by atoms with Crippen LogP contribution in [0.4, 0.5) is 0 Å². The molecule has 13 atom stereocenters. The molecule has 2 bridgehead atoms. The van der Waals surface area contributed by atoms with Gasteiger partial charge in [-0.3, -0.25) is 19.2 Å². The second kappa shape index (κ2) is 13.3. The Morgan fingerprint density at radius 2 is 1.73 bits per heavy atom. The monoisotopic (exact) mass is 625 g/mol. The van der Waals surface area contributed by atoms with Gasteiger partial charge in [0.25, 0.3) is 0 Å². The maximum atomic E-state index is 14.0. The zero-order chi connectivity index (χ0) is 33.5. The Morgan fingerprint density at radius 1 is 1.11 bits per heavy atom. The van der Waals surface area contributed by atoms with Gasteiger partial charge in [-0.15, -0.1) is 0 Å². The van der Waals surface area contributed by atoms with E-state index in [0.29, 0.717) is 6.42 Å². The number of nitrogens with zero attached hydrogens (tertiary/aromatic N) is 1. The van der Waals surface area contributed by atoms with E-state index in [9.17, 15) is 24.3 Å². The molecule has 3 aliphatic rings. The fourth-order valence-electron chi connectivity index (χ4n) is 7.06. The molecule has 1 N–H and O–H groups in total. The predicted octanol–water partition coefficient (Wildman–Crippen LogP) is 2.44. The van der Waals surface area contributed by atoms with E-state index in [2.05, 4.69) is 6.58 Å². The van der Waals surface area contributed by atoms with Crippen LogP contribution < -0.4 is 0 Å². The molecule has 3 aliphatic heterocycles. The van der Waals surface area contributed by atoms with Crippen molar-refractivity contribution in [3.05, 3.63) is 12.7 Å². The molecule has 250 valence electrons. The van der Waals surface area contributed by atoms with Crippen LogP contribution in [0.25, 0.3) is 0 Å². The molecule has 12 nitrogen and oxygen atoms in total. The van der Waals surface area contributed by atoms with Gasteiger partial charge in [0.15, 0.2) is 41.5 Å². The van der Waals surface area contributed by atoms with Gasteiger partial charge in [0.2, 0.25) is 0 Å². The van der Waals surface area contributed by atoms with Crippen molar-refractivity contribution < 1.29 is 52.7 Å². The summed E-state index contributed by atoms with van der Waals surface area (Å²) in [6, 6.07) is -0.261. The molecule has 0 radical (unpaired) electrons. The van der Waals surface area contributed by atoms with Crippen LogP contribution in [0.2, 0.25) is 0 Å². The third-order valence-electron chi connectivity index (χ3n) is 9.88. The Morgan fingerprint density at radius 3 is 2.25 bits per heavy atom. The molecule has 2 unspecified atom stereocenters. The van der Waals surface area contributed by atoms with Crippen LogP contribution in [0, 0.1) is 23.7 Å². The number of Topliss-reactive ketones (excluding diaryl/α,β-unsaturated/α-hetero) is 2. The lowest BCUT2D eigenvalue weighted by molar-refractivity contribution is -0.306. The average Bonchev–Trinajstić information content (AvgIpc) is 3.14. The lowest BCUT2D eigenvalue weighted by atomic mass is 9.74. The topological polar surface area (TPSA) is 147 Å². The minimum absolute atomic E-state index is 0.0650. The molecule has 3 rings (SSSR count). The Hall–Kier alpha value is -2.22. The highest BCUT2D eigenvalue weighted by atomic mass is 16.7. The van der Waals surface area contributed by atoms with Crippen molar-refractivity contribution in [2.75, 3.05) is 21.2 Å². The van der Waals surface area contributed by atoms with Crippen LogP contribution in [0.5, 0.6) is 0 Å². The Bertz CT molecular complexity index is 1130. The third-order valence-corrected chi connectivity index (χ3v) is 9.88.